The molecule has 0 radical (unpaired) electrons. The van der Waals surface area contributed by atoms with Crippen molar-refractivity contribution in [2.75, 3.05) is 0 Å². The molecule has 0 bridgehead atoms. The second-order valence-corrected chi connectivity index (χ2v) is 4.36. The molecule has 1 saturated carbocycles. The molecule has 2 rings (SSSR count). The van der Waals surface area contributed by atoms with Gasteiger partial charge in [-0.15, -0.1) is 0 Å². The third-order valence-electron chi connectivity index (χ3n) is 2.94. The number of ether oxygens (including phenoxy) is 1. The number of hydrogen-bond donors (Lipinski definition) is 1. The van der Waals surface area contributed by atoms with Gasteiger partial charge in [0.2, 0.25) is 0 Å². The zero-order valence-corrected chi connectivity index (χ0v) is 10.3. The third-order valence-corrected chi connectivity index (χ3v) is 2.94. The van der Waals surface area contributed by atoms with E-state index in [1.165, 1.54) is 24.3 Å². The lowest BCUT2D eigenvalue weighted by molar-refractivity contribution is -0.0499. The van der Waals surface area contributed by atoms with E-state index in [2.05, 4.69) is 10.2 Å². The third kappa shape index (κ3) is 4.17. The van der Waals surface area contributed by atoms with Crippen molar-refractivity contribution < 1.29 is 23.1 Å². The molecule has 1 amide bonds. The summed E-state index contributed by atoms with van der Waals surface area (Å²) >= 11 is 0. The van der Waals surface area contributed by atoms with E-state index in [1.54, 1.807) is 0 Å². The van der Waals surface area contributed by atoms with E-state index >= 15 is 0 Å². The Morgan fingerprint density at radius 1 is 1.32 bits per heavy atom. The molecule has 19 heavy (non-hydrogen) atoms. The first-order valence-electron chi connectivity index (χ1n) is 6.16. The van der Waals surface area contributed by atoms with Crippen LogP contribution in [0.1, 0.15) is 36.0 Å². The van der Waals surface area contributed by atoms with E-state index in [0.29, 0.717) is 0 Å². The molecule has 6 heteroatoms. The van der Waals surface area contributed by atoms with Gasteiger partial charge in [-0.05, 0) is 31.0 Å². The number of carbonyl (C=O) groups excluding carboxylic acids is 1. The summed E-state index contributed by atoms with van der Waals surface area (Å²) in [5.41, 5.74) is 2.56. The summed E-state index contributed by atoms with van der Waals surface area (Å²) in [6.45, 7) is -2.91. The van der Waals surface area contributed by atoms with E-state index < -0.39 is 12.5 Å². The molecule has 1 aromatic rings. The van der Waals surface area contributed by atoms with Gasteiger partial charge in [0, 0.05) is 5.56 Å². The van der Waals surface area contributed by atoms with Crippen LogP contribution in [0.5, 0.6) is 5.75 Å². The number of halogens is 2. The molecular formula is C13H15F2NO3. The largest absolute Gasteiger partial charge is 0.435 e. The van der Waals surface area contributed by atoms with Crippen molar-refractivity contribution in [3.8, 4) is 5.75 Å². The quantitative estimate of drug-likeness (QED) is 0.838. The van der Waals surface area contributed by atoms with Crippen LogP contribution >= 0.6 is 0 Å². The predicted molar refractivity (Wildman–Crippen MR) is 63.9 cm³/mol. The average molecular weight is 271 g/mol. The molecule has 4 nitrogen and oxygen atoms in total. The highest BCUT2D eigenvalue weighted by atomic mass is 19.3. The van der Waals surface area contributed by atoms with E-state index in [4.69, 9.17) is 4.84 Å². The molecule has 0 aliphatic heterocycles. The minimum atomic E-state index is -2.91. The van der Waals surface area contributed by atoms with Gasteiger partial charge in [-0.3, -0.25) is 9.63 Å². The van der Waals surface area contributed by atoms with Gasteiger partial charge in [-0.2, -0.15) is 8.78 Å². The van der Waals surface area contributed by atoms with Gasteiger partial charge >= 0.3 is 6.61 Å². The molecule has 0 atom stereocenters. The monoisotopic (exact) mass is 271 g/mol. The van der Waals surface area contributed by atoms with Crippen LogP contribution in [-0.2, 0) is 4.84 Å². The summed E-state index contributed by atoms with van der Waals surface area (Å²) < 4.78 is 28.3. The van der Waals surface area contributed by atoms with Crippen molar-refractivity contribution in [1.29, 1.82) is 0 Å². The first-order chi connectivity index (χ1) is 9.15. The predicted octanol–water partition coefficient (Wildman–Crippen LogP) is 2.89. The lowest BCUT2D eigenvalue weighted by Crippen LogP contribution is -2.28. The highest BCUT2D eigenvalue weighted by Crippen LogP contribution is 2.20. The number of hydrogen-bond acceptors (Lipinski definition) is 3. The summed E-state index contributed by atoms with van der Waals surface area (Å²) in [5, 5.41) is 0. The van der Waals surface area contributed by atoms with Gasteiger partial charge < -0.3 is 4.74 Å². The molecule has 1 aliphatic carbocycles. The maximum absolute atomic E-state index is 12.1. The van der Waals surface area contributed by atoms with Crippen LogP contribution in [0.25, 0.3) is 0 Å². The average Bonchev–Trinajstić information content (AvgIpc) is 2.88. The minimum Gasteiger partial charge on any atom is -0.435 e. The van der Waals surface area contributed by atoms with Crippen LogP contribution in [0.3, 0.4) is 0 Å². The molecule has 0 heterocycles. The van der Waals surface area contributed by atoms with Gasteiger partial charge in [0.25, 0.3) is 5.91 Å². The molecule has 1 aliphatic rings. The van der Waals surface area contributed by atoms with Crippen molar-refractivity contribution in [1.82, 2.24) is 5.48 Å². The Balaban J connectivity index is 1.90. The highest BCUT2D eigenvalue weighted by molar-refractivity contribution is 5.93. The molecule has 104 valence electrons. The zero-order chi connectivity index (χ0) is 13.7. The summed E-state index contributed by atoms with van der Waals surface area (Å²) in [5.74, 6) is -0.518. The van der Waals surface area contributed by atoms with Crippen molar-refractivity contribution in [2.24, 2.45) is 0 Å². The van der Waals surface area contributed by atoms with Crippen LogP contribution in [0, 0.1) is 0 Å². The van der Waals surface area contributed by atoms with E-state index in [0.717, 1.165) is 25.7 Å². The molecule has 0 aromatic heterocycles. The summed E-state index contributed by atoms with van der Waals surface area (Å²) in [4.78, 5) is 17.0. The molecular weight excluding hydrogens is 256 g/mol. The SMILES string of the molecule is O=C(NOC1CCCC1)c1cccc(OC(F)F)c1. The Morgan fingerprint density at radius 3 is 2.74 bits per heavy atom. The van der Waals surface area contributed by atoms with E-state index in [9.17, 15) is 13.6 Å². The topological polar surface area (TPSA) is 47.6 Å². The molecule has 1 aromatic carbocycles. The maximum atomic E-state index is 12.1. The standard InChI is InChI=1S/C13H15F2NO3/c14-13(15)18-11-7-3-4-9(8-11)12(17)16-19-10-5-1-2-6-10/h3-4,7-8,10,13H,1-2,5-6H2,(H,16,17). The molecule has 1 fully saturated rings. The van der Waals surface area contributed by atoms with E-state index in [-0.39, 0.29) is 17.4 Å². The van der Waals surface area contributed by atoms with Crippen LogP contribution < -0.4 is 10.2 Å². The number of hydroxylamine groups is 1. The smallest absolute Gasteiger partial charge is 0.387 e. The Kier molecular flexibility index (Phi) is 4.68. The van der Waals surface area contributed by atoms with Crippen LogP contribution in [0.2, 0.25) is 0 Å². The Labute approximate surface area is 109 Å². The van der Waals surface area contributed by atoms with Gasteiger partial charge in [-0.1, -0.05) is 18.9 Å². The maximum Gasteiger partial charge on any atom is 0.387 e. The first-order valence-corrected chi connectivity index (χ1v) is 6.16. The zero-order valence-electron chi connectivity index (χ0n) is 10.3. The second-order valence-electron chi connectivity index (χ2n) is 4.36. The van der Waals surface area contributed by atoms with Crippen LogP contribution in [0.15, 0.2) is 24.3 Å². The summed E-state index contributed by atoms with van der Waals surface area (Å²) in [6, 6.07) is 5.59. The molecule has 0 saturated heterocycles. The normalized spacial score (nSPS) is 15.7. The van der Waals surface area contributed by atoms with Crippen LogP contribution in [-0.4, -0.2) is 18.6 Å². The van der Waals surface area contributed by atoms with Gasteiger partial charge in [-0.25, -0.2) is 5.48 Å². The summed E-state index contributed by atoms with van der Waals surface area (Å²) in [6.07, 6.45) is 4.09. The second kappa shape index (κ2) is 6.47. The Bertz CT molecular complexity index is 434. The van der Waals surface area contributed by atoms with Crippen molar-refractivity contribution in [2.45, 2.75) is 38.4 Å². The lowest BCUT2D eigenvalue weighted by atomic mass is 10.2. The van der Waals surface area contributed by atoms with Crippen molar-refractivity contribution >= 4 is 5.91 Å². The number of rotatable bonds is 5. The number of nitrogens with one attached hydrogen (secondary N) is 1. The first kappa shape index (κ1) is 13.7. The van der Waals surface area contributed by atoms with Crippen LogP contribution in [0.4, 0.5) is 8.78 Å². The van der Waals surface area contributed by atoms with Gasteiger partial charge in [0.15, 0.2) is 0 Å². The number of alkyl halides is 2. The fourth-order valence-corrected chi connectivity index (χ4v) is 2.02. The van der Waals surface area contributed by atoms with Crippen molar-refractivity contribution in [3.63, 3.8) is 0 Å². The molecule has 1 N–H and O–H groups in total. The number of amides is 1. The lowest BCUT2D eigenvalue weighted by Gasteiger charge is -2.12. The fourth-order valence-electron chi connectivity index (χ4n) is 2.02. The fraction of sp³-hybridized carbons (Fsp3) is 0.462. The van der Waals surface area contributed by atoms with Crippen molar-refractivity contribution in [3.05, 3.63) is 29.8 Å². The Morgan fingerprint density at radius 2 is 2.05 bits per heavy atom. The summed E-state index contributed by atoms with van der Waals surface area (Å²) in [7, 11) is 0. The minimum absolute atomic E-state index is 0.0458. The number of benzene rings is 1. The number of carbonyl (C=O) groups is 1. The Hall–Kier alpha value is -1.69. The molecule has 0 unspecified atom stereocenters. The molecule has 0 spiro atoms. The highest BCUT2D eigenvalue weighted by Gasteiger charge is 2.17. The van der Waals surface area contributed by atoms with E-state index in [1.807, 2.05) is 0 Å². The van der Waals surface area contributed by atoms with Gasteiger partial charge in [0.05, 0.1) is 6.10 Å². The van der Waals surface area contributed by atoms with Gasteiger partial charge in [0.1, 0.15) is 5.75 Å².